The fourth-order valence-corrected chi connectivity index (χ4v) is 4.75. The summed E-state index contributed by atoms with van der Waals surface area (Å²) in [6.45, 7) is 0. The molecule has 0 unspecified atom stereocenters. The molecule has 9 heteroatoms. The molecule has 8 nitrogen and oxygen atoms in total. The van der Waals surface area contributed by atoms with E-state index in [-0.39, 0.29) is 16.6 Å². The van der Waals surface area contributed by atoms with Crippen LogP contribution in [0.3, 0.4) is 0 Å². The molecule has 0 spiro atoms. The minimum absolute atomic E-state index is 0.151. The normalized spacial score (nSPS) is 14.2. The number of amides is 1. The summed E-state index contributed by atoms with van der Waals surface area (Å²) in [4.78, 5) is 19.7. The van der Waals surface area contributed by atoms with Crippen molar-refractivity contribution < 1.29 is 13.2 Å². The molecule has 4 N–H and O–H groups in total. The number of carbonyl (C=O) groups excluding carboxylic acids is 1. The number of sulfonamides is 1. The molecule has 172 valence electrons. The number of nitrogens with one attached hydrogen (secondary N) is 2. The maximum atomic E-state index is 12.7. The summed E-state index contributed by atoms with van der Waals surface area (Å²) in [5.41, 5.74) is 10.3. The van der Waals surface area contributed by atoms with E-state index in [0.29, 0.717) is 11.5 Å². The lowest BCUT2D eigenvalue weighted by Gasteiger charge is -2.18. The van der Waals surface area contributed by atoms with E-state index in [1.165, 1.54) is 30.2 Å². The number of carbonyl (C=O) groups is 1. The standard InChI is InChI=1S/C24H27N5O3S/c1-29(2)33(31,32)19-11-8-16(9-12-19)18-10-13-21(20(14-18)17-6-4-3-5-7-17)27-24(30)23-26-15-22(25)28-23/h6,8-15H,3-5,7,25H2,1-2H3,(H,26,28)(H,27,30). The Hall–Kier alpha value is -3.43. The zero-order chi connectivity index (χ0) is 23.6. The van der Waals surface area contributed by atoms with Crippen molar-refractivity contribution in [1.29, 1.82) is 0 Å². The van der Waals surface area contributed by atoms with E-state index in [1.807, 2.05) is 18.2 Å². The number of allylic oxidation sites excluding steroid dienone is 2. The molecule has 2 aromatic carbocycles. The molecule has 33 heavy (non-hydrogen) atoms. The van der Waals surface area contributed by atoms with Gasteiger partial charge in [-0.2, -0.15) is 0 Å². The number of nitrogens with two attached hydrogens (primary N) is 1. The van der Waals surface area contributed by atoms with E-state index in [0.717, 1.165) is 42.4 Å². The van der Waals surface area contributed by atoms with Gasteiger partial charge in [0.1, 0.15) is 5.82 Å². The zero-order valence-corrected chi connectivity index (χ0v) is 19.4. The third-order valence-electron chi connectivity index (χ3n) is 5.68. The third-order valence-corrected chi connectivity index (χ3v) is 7.51. The number of benzene rings is 2. The number of rotatable bonds is 6. The van der Waals surface area contributed by atoms with Gasteiger partial charge in [-0.1, -0.05) is 24.3 Å². The van der Waals surface area contributed by atoms with E-state index in [9.17, 15) is 13.2 Å². The van der Waals surface area contributed by atoms with Gasteiger partial charge in [0.15, 0.2) is 5.82 Å². The van der Waals surface area contributed by atoms with Crippen LogP contribution in [0, 0.1) is 0 Å². The number of aromatic amines is 1. The molecule has 3 aromatic rings. The van der Waals surface area contributed by atoms with Crippen molar-refractivity contribution in [3.05, 3.63) is 66.1 Å². The first kappa shape index (κ1) is 22.8. The van der Waals surface area contributed by atoms with Gasteiger partial charge in [-0.25, -0.2) is 17.7 Å². The molecule has 0 bridgehead atoms. The average Bonchev–Trinajstić information content (AvgIpc) is 3.26. The third kappa shape index (κ3) is 4.84. The fraction of sp³-hybridized carbons (Fsp3) is 0.250. The van der Waals surface area contributed by atoms with Crippen LogP contribution in [0.25, 0.3) is 16.7 Å². The highest BCUT2D eigenvalue weighted by atomic mass is 32.2. The number of hydrogen-bond donors (Lipinski definition) is 3. The topological polar surface area (TPSA) is 121 Å². The number of hydrogen-bond acceptors (Lipinski definition) is 5. The van der Waals surface area contributed by atoms with Crippen molar-refractivity contribution in [3.8, 4) is 11.1 Å². The number of aromatic nitrogens is 2. The van der Waals surface area contributed by atoms with Crippen LogP contribution < -0.4 is 11.1 Å². The Morgan fingerprint density at radius 2 is 1.82 bits per heavy atom. The molecule has 0 saturated carbocycles. The first-order chi connectivity index (χ1) is 15.8. The molecule has 0 radical (unpaired) electrons. The van der Waals surface area contributed by atoms with E-state index >= 15 is 0 Å². The summed E-state index contributed by atoms with van der Waals surface area (Å²) in [7, 11) is -0.464. The van der Waals surface area contributed by atoms with Gasteiger partial charge in [-0.3, -0.25) is 4.79 Å². The second-order valence-corrected chi connectivity index (χ2v) is 10.3. The minimum atomic E-state index is -3.49. The monoisotopic (exact) mass is 465 g/mol. The first-order valence-corrected chi connectivity index (χ1v) is 12.2. The Balaban J connectivity index is 1.69. The molecule has 1 aromatic heterocycles. The highest BCUT2D eigenvalue weighted by Gasteiger charge is 2.19. The lowest BCUT2D eigenvalue weighted by Crippen LogP contribution is -2.22. The molecule has 1 amide bonds. The maximum absolute atomic E-state index is 12.7. The van der Waals surface area contributed by atoms with Crippen LogP contribution >= 0.6 is 0 Å². The molecule has 1 aliphatic carbocycles. The van der Waals surface area contributed by atoms with Crippen molar-refractivity contribution in [1.82, 2.24) is 14.3 Å². The Kier molecular flexibility index (Phi) is 6.35. The molecule has 1 heterocycles. The van der Waals surface area contributed by atoms with Crippen LogP contribution in [0.5, 0.6) is 0 Å². The smallest absolute Gasteiger partial charge is 0.291 e. The van der Waals surface area contributed by atoms with Crippen LogP contribution in [-0.2, 0) is 10.0 Å². The summed E-state index contributed by atoms with van der Waals surface area (Å²) in [6, 6.07) is 12.6. The van der Waals surface area contributed by atoms with Crippen molar-refractivity contribution in [2.24, 2.45) is 0 Å². The Bertz CT molecular complexity index is 1310. The van der Waals surface area contributed by atoms with Crippen LogP contribution in [0.15, 0.2) is 59.6 Å². The largest absolute Gasteiger partial charge is 0.384 e. The molecule has 0 atom stereocenters. The summed E-state index contributed by atoms with van der Waals surface area (Å²) >= 11 is 0. The number of nitrogen functional groups attached to an aromatic ring is 1. The van der Waals surface area contributed by atoms with E-state index < -0.39 is 10.0 Å². The number of anilines is 2. The predicted molar refractivity (Wildman–Crippen MR) is 130 cm³/mol. The Morgan fingerprint density at radius 1 is 1.09 bits per heavy atom. The molecular weight excluding hydrogens is 438 g/mol. The Morgan fingerprint density at radius 3 is 2.42 bits per heavy atom. The second kappa shape index (κ2) is 9.21. The van der Waals surface area contributed by atoms with Gasteiger partial charge in [0.2, 0.25) is 10.0 Å². The van der Waals surface area contributed by atoms with Gasteiger partial charge >= 0.3 is 0 Å². The summed E-state index contributed by atoms with van der Waals surface area (Å²) in [5, 5.41) is 2.94. The molecule has 4 rings (SSSR count). The van der Waals surface area contributed by atoms with Crippen LogP contribution in [0.1, 0.15) is 41.9 Å². The molecule has 1 aliphatic rings. The van der Waals surface area contributed by atoms with Gasteiger partial charge in [-0.15, -0.1) is 0 Å². The van der Waals surface area contributed by atoms with Crippen molar-refractivity contribution >= 4 is 33.0 Å². The zero-order valence-electron chi connectivity index (χ0n) is 18.6. The fourth-order valence-electron chi connectivity index (χ4n) is 3.84. The maximum Gasteiger partial charge on any atom is 0.291 e. The minimum Gasteiger partial charge on any atom is -0.384 e. The molecule has 0 aliphatic heterocycles. The second-order valence-electron chi connectivity index (χ2n) is 8.19. The lowest BCUT2D eigenvalue weighted by molar-refractivity contribution is 0.101. The number of H-pyrrole nitrogens is 1. The SMILES string of the molecule is CN(C)S(=O)(=O)c1ccc(-c2ccc(NC(=O)c3ncc(N)[nH]3)c(C3=CCCCC3)c2)cc1. The van der Waals surface area contributed by atoms with Gasteiger partial charge in [0, 0.05) is 25.3 Å². The number of imidazole rings is 1. The van der Waals surface area contributed by atoms with Gasteiger partial charge in [0.25, 0.3) is 5.91 Å². The molecular formula is C24H27N5O3S. The number of nitrogens with zero attached hydrogens (tertiary/aromatic N) is 2. The van der Waals surface area contributed by atoms with Crippen molar-refractivity contribution in [2.75, 3.05) is 25.1 Å². The highest BCUT2D eigenvalue weighted by molar-refractivity contribution is 7.89. The summed E-state index contributed by atoms with van der Waals surface area (Å²) < 4.78 is 25.9. The van der Waals surface area contributed by atoms with Crippen LogP contribution in [-0.4, -0.2) is 42.7 Å². The average molecular weight is 466 g/mol. The first-order valence-electron chi connectivity index (χ1n) is 10.7. The summed E-state index contributed by atoms with van der Waals surface area (Å²) in [5.74, 6) is 0.110. The van der Waals surface area contributed by atoms with Gasteiger partial charge in [0.05, 0.1) is 11.1 Å². The summed E-state index contributed by atoms with van der Waals surface area (Å²) in [6.07, 6.45) is 7.80. The van der Waals surface area contributed by atoms with E-state index in [1.54, 1.807) is 24.3 Å². The highest BCUT2D eigenvalue weighted by Crippen LogP contribution is 2.35. The van der Waals surface area contributed by atoms with E-state index in [2.05, 4.69) is 21.4 Å². The quantitative estimate of drug-likeness (QED) is 0.506. The van der Waals surface area contributed by atoms with Crippen LogP contribution in [0.4, 0.5) is 11.5 Å². The van der Waals surface area contributed by atoms with Crippen LogP contribution in [0.2, 0.25) is 0 Å². The molecule has 0 saturated heterocycles. The van der Waals surface area contributed by atoms with Gasteiger partial charge < -0.3 is 16.0 Å². The van der Waals surface area contributed by atoms with Gasteiger partial charge in [-0.05, 0) is 66.6 Å². The predicted octanol–water partition coefficient (Wildman–Crippen LogP) is 4.12. The van der Waals surface area contributed by atoms with E-state index in [4.69, 9.17) is 5.73 Å². The Labute approximate surface area is 193 Å². The molecule has 0 fully saturated rings. The van der Waals surface area contributed by atoms with Crippen molar-refractivity contribution in [2.45, 2.75) is 30.6 Å². The lowest BCUT2D eigenvalue weighted by atomic mass is 9.90. The van der Waals surface area contributed by atoms with Crippen molar-refractivity contribution in [3.63, 3.8) is 0 Å².